The molecule has 0 saturated carbocycles. The van der Waals surface area contributed by atoms with Crippen molar-refractivity contribution in [1.29, 1.82) is 0 Å². The average Bonchev–Trinajstić information content (AvgIpc) is 2.52. The van der Waals surface area contributed by atoms with Gasteiger partial charge in [-0.25, -0.2) is 0 Å². The molecule has 1 aliphatic heterocycles. The Bertz CT molecular complexity index is 197. The molecule has 82 valence electrons. The summed E-state index contributed by atoms with van der Waals surface area (Å²) in [5.41, 5.74) is 0. The standard InChI is InChI=1S/C10H20N2O2/c1-3-8(10(13)14)6-11-9-4-5-12(2)7-9/h8-9,11H,3-7H2,1-2H3,(H,13,14). The van der Waals surface area contributed by atoms with Crippen molar-refractivity contribution in [3.8, 4) is 0 Å². The van der Waals surface area contributed by atoms with E-state index in [2.05, 4.69) is 17.3 Å². The van der Waals surface area contributed by atoms with Gasteiger partial charge in [0, 0.05) is 19.1 Å². The predicted molar refractivity (Wildman–Crippen MR) is 55.3 cm³/mol. The molecule has 2 unspecified atom stereocenters. The summed E-state index contributed by atoms with van der Waals surface area (Å²) in [6, 6.07) is 0.480. The van der Waals surface area contributed by atoms with Gasteiger partial charge in [0.05, 0.1) is 5.92 Å². The summed E-state index contributed by atoms with van der Waals surface area (Å²) in [6.07, 6.45) is 1.83. The van der Waals surface area contributed by atoms with E-state index in [1.165, 1.54) is 0 Å². The van der Waals surface area contributed by atoms with Crippen molar-refractivity contribution in [2.45, 2.75) is 25.8 Å². The molecule has 0 aromatic rings. The van der Waals surface area contributed by atoms with Gasteiger partial charge < -0.3 is 15.3 Å². The highest BCUT2D eigenvalue weighted by Crippen LogP contribution is 2.08. The SMILES string of the molecule is CCC(CNC1CCN(C)C1)C(=O)O. The number of carbonyl (C=O) groups is 1. The van der Waals surface area contributed by atoms with Crippen molar-refractivity contribution in [3.63, 3.8) is 0 Å². The van der Waals surface area contributed by atoms with Crippen LogP contribution in [0.2, 0.25) is 0 Å². The van der Waals surface area contributed by atoms with E-state index < -0.39 is 5.97 Å². The highest BCUT2D eigenvalue weighted by atomic mass is 16.4. The van der Waals surface area contributed by atoms with E-state index in [4.69, 9.17) is 5.11 Å². The molecule has 1 rings (SSSR count). The number of likely N-dealkylation sites (tertiary alicyclic amines) is 1. The lowest BCUT2D eigenvalue weighted by Gasteiger charge is -2.16. The fraction of sp³-hybridized carbons (Fsp3) is 0.900. The Hall–Kier alpha value is -0.610. The lowest BCUT2D eigenvalue weighted by Crippen LogP contribution is -2.37. The molecule has 0 amide bonds. The smallest absolute Gasteiger partial charge is 0.307 e. The van der Waals surface area contributed by atoms with Crippen LogP contribution in [0.3, 0.4) is 0 Å². The molecule has 0 bridgehead atoms. The van der Waals surface area contributed by atoms with Gasteiger partial charge in [-0.05, 0) is 26.4 Å². The molecule has 0 spiro atoms. The topological polar surface area (TPSA) is 52.6 Å². The normalized spacial score (nSPS) is 25.1. The van der Waals surface area contributed by atoms with E-state index >= 15 is 0 Å². The maximum atomic E-state index is 10.7. The first-order valence-corrected chi connectivity index (χ1v) is 5.28. The predicted octanol–water partition coefficient (Wildman–Crippen LogP) is 0.391. The second-order valence-electron chi connectivity index (χ2n) is 4.10. The van der Waals surface area contributed by atoms with Crippen molar-refractivity contribution in [2.24, 2.45) is 5.92 Å². The molecule has 0 radical (unpaired) electrons. The minimum absolute atomic E-state index is 0.235. The lowest BCUT2D eigenvalue weighted by molar-refractivity contribution is -0.141. The van der Waals surface area contributed by atoms with Gasteiger partial charge in [-0.1, -0.05) is 6.92 Å². The van der Waals surface area contributed by atoms with Gasteiger partial charge in [-0.15, -0.1) is 0 Å². The molecule has 4 heteroatoms. The minimum Gasteiger partial charge on any atom is -0.481 e. The monoisotopic (exact) mass is 200 g/mol. The third kappa shape index (κ3) is 3.27. The number of rotatable bonds is 5. The van der Waals surface area contributed by atoms with Gasteiger partial charge in [-0.3, -0.25) is 4.79 Å². The molecule has 0 aromatic heterocycles. The zero-order chi connectivity index (χ0) is 10.6. The number of aliphatic carboxylic acids is 1. The number of nitrogens with one attached hydrogen (secondary N) is 1. The maximum absolute atomic E-state index is 10.7. The zero-order valence-corrected chi connectivity index (χ0v) is 8.99. The van der Waals surface area contributed by atoms with Crippen LogP contribution in [0.5, 0.6) is 0 Å². The number of hydrogen-bond donors (Lipinski definition) is 2. The summed E-state index contributed by atoms with van der Waals surface area (Å²) in [5.74, 6) is -0.924. The zero-order valence-electron chi connectivity index (χ0n) is 8.99. The first-order chi connectivity index (χ1) is 6.63. The van der Waals surface area contributed by atoms with Crippen LogP contribution in [0.1, 0.15) is 19.8 Å². The summed E-state index contributed by atoms with van der Waals surface area (Å²) in [5, 5.41) is 12.2. The quantitative estimate of drug-likeness (QED) is 0.674. The van der Waals surface area contributed by atoms with E-state index in [-0.39, 0.29) is 5.92 Å². The fourth-order valence-electron chi connectivity index (χ4n) is 1.82. The average molecular weight is 200 g/mol. The van der Waals surface area contributed by atoms with E-state index in [9.17, 15) is 4.79 Å². The van der Waals surface area contributed by atoms with Crippen LogP contribution in [-0.2, 0) is 4.79 Å². The first kappa shape index (κ1) is 11.5. The Morgan fingerprint density at radius 2 is 2.43 bits per heavy atom. The molecule has 1 aliphatic rings. The Balaban J connectivity index is 2.22. The molecular weight excluding hydrogens is 180 g/mol. The van der Waals surface area contributed by atoms with Crippen LogP contribution in [0.4, 0.5) is 0 Å². The molecular formula is C10H20N2O2. The Morgan fingerprint density at radius 3 is 2.86 bits per heavy atom. The number of likely N-dealkylation sites (N-methyl/N-ethyl adjacent to an activating group) is 1. The first-order valence-electron chi connectivity index (χ1n) is 5.28. The summed E-state index contributed by atoms with van der Waals surface area (Å²) in [6.45, 7) is 4.67. The molecule has 4 nitrogen and oxygen atoms in total. The molecule has 0 aliphatic carbocycles. The van der Waals surface area contributed by atoms with Crippen LogP contribution < -0.4 is 5.32 Å². The van der Waals surface area contributed by atoms with Crippen LogP contribution in [0, 0.1) is 5.92 Å². The minimum atomic E-state index is -0.689. The van der Waals surface area contributed by atoms with Crippen LogP contribution in [0.25, 0.3) is 0 Å². The van der Waals surface area contributed by atoms with Crippen LogP contribution in [-0.4, -0.2) is 48.7 Å². The third-order valence-corrected chi connectivity index (χ3v) is 2.89. The van der Waals surface area contributed by atoms with E-state index in [1.54, 1.807) is 0 Å². The van der Waals surface area contributed by atoms with Crippen molar-refractivity contribution in [2.75, 3.05) is 26.7 Å². The summed E-state index contributed by atoms with van der Waals surface area (Å²) < 4.78 is 0. The Morgan fingerprint density at radius 1 is 1.71 bits per heavy atom. The van der Waals surface area contributed by atoms with Gasteiger partial charge in [0.2, 0.25) is 0 Å². The molecule has 2 N–H and O–H groups in total. The summed E-state index contributed by atoms with van der Waals surface area (Å²) in [7, 11) is 2.09. The van der Waals surface area contributed by atoms with Crippen LogP contribution >= 0.6 is 0 Å². The molecule has 1 fully saturated rings. The molecule has 2 atom stereocenters. The second-order valence-corrected chi connectivity index (χ2v) is 4.10. The maximum Gasteiger partial charge on any atom is 0.307 e. The van der Waals surface area contributed by atoms with E-state index in [0.717, 1.165) is 19.5 Å². The molecule has 1 heterocycles. The summed E-state index contributed by atoms with van der Waals surface area (Å²) in [4.78, 5) is 13.0. The highest BCUT2D eigenvalue weighted by molar-refractivity contribution is 5.70. The lowest BCUT2D eigenvalue weighted by atomic mass is 10.1. The molecule has 14 heavy (non-hydrogen) atoms. The Labute approximate surface area is 85.3 Å². The van der Waals surface area contributed by atoms with Crippen molar-refractivity contribution < 1.29 is 9.90 Å². The Kier molecular flexibility index (Phi) is 4.35. The van der Waals surface area contributed by atoms with Crippen LogP contribution in [0.15, 0.2) is 0 Å². The molecule has 0 aromatic carbocycles. The fourth-order valence-corrected chi connectivity index (χ4v) is 1.82. The van der Waals surface area contributed by atoms with Gasteiger partial charge in [0.1, 0.15) is 0 Å². The van der Waals surface area contributed by atoms with Crippen molar-refractivity contribution >= 4 is 5.97 Å². The van der Waals surface area contributed by atoms with Gasteiger partial charge in [0.15, 0.2) is 0 Å². The third-order valence-electron chi connectivity index (χ3n) is 2.89. The van der Waals surface area contributed by atoms with Gasteiger partial charge in [0.25, 0.3) is 0 Å². The van der Waals surface area contributed by atoms with E-state index in [1.807, 2.05) is 6.92 Å². The highest BCUT2D eigenvalue weighted by Gasteiger charge is 2.21. The number of hydrogen-bond acceptors (Lipinski definition) is 3. The number of carboxylic acid groups (broad SMARTS) is 1. The second kappa shape index (κ2) is 5.32. The van der Waals surface area contributed by atoms with Gasteiger partial charge >= 0.3 is 5.97 Å². The molecule has 1 saturated heterocycles. The van der Waals surface area contributed by atoms with E-state index in [0.29, 0.717) is 19.0 Å². The van der Waals surface area contributed by atoms with Crippen molar-refractivity contribution in [1.82, 2.24) is 10.2 Å². The van der Waals surface area contributed by atoms with Crippen molar-refractivity contribution in [3.05, 3.63) is 0 Å². The van der Waals surface area contributed by atoms with Gasteiger partial charge in [-0.2, -0.15) is 0 Å². The number of carboxylic acids is 1. The number of nitrogens with zero attached hydrogens (tertiary/aromatic N) is 1. The summed E-state index contributed by atoms with van der Waals surface area (Å²) >= 11 is 0. The largest absolute Gasteiger partial charge is 0.481 e.